The van der Waals surface area contributed by atoms with Gasteiger partial charge in [-0.25, -0.2) is 27.7 Å². The lowest BCUT2D eigenvalue weighted by Crippen LogP contribution is -2.38. The highest BCUT2D eigenvalue weighted by Gasteiger charge is 2.57. The van der Waals surface area contributed by atoms with Gasteiger partial charge < -0.3 is 19.7 Å². The first-order valence-corrected chi connectivity index (χ1v) is 12.5. The molecule has 0 spiro atoms. The van der Waals surface area contributed by atoms with Crippen molar-refractivity contribution in [2.45, 2.75) is 39.3 Å². The number of anilines is 1. The Morgan fingerprint density at radius 3 is 2.41 bits per heavy atom. The van der Waals surface area contributed by atoms with E-state index in [9.17, 15) is 23.2 Å². The van der Waals surface area contributed by atoms with Crippen molar-refractivity contribution in [3.8, 4) is 5.69 Å². The zero-order chi connectivity index (χ0) is 28.2. The Morgan fingerprint density at radius 1 is 1.10 bits per heavy atom. The molecule has 9 nitrogen and oxygen atoms in total. The molecular weight excluding hydrogens is 517 g/mol. The van der Waals surface area contributed by atoms with Crippen molar-refractivity contribution in [3.63, 3.8) is 0 Å². The van der Waals surface area contributed by atoms with E-state index < -0.39 is 46.1 Å². The second kappa shape index (κ2) is 9.58. The number of nitrogens with zero attached hydrogens (tertiary/aromatic N) is 3. The number of amides is 1. The number of piperidine rings is 1. The van der Waals surface area contributed by atoms with Gasteiger partial charge in [-0.05, 0) is 45.9 Å². The lowest BCUT2D eigenvalue weighted by Gasteiger charge is -2.24. The fourth-order valence-corrected chi connectivity index (χ4v) is 5.01. The molecule has 0 radical (unpaired) electrons. The summed E-state index contributed by atoms with van der Waals surface area (Å²) in [6.07, 6.45) is 0.543. The molecule has 1 aromatic carbocycles. The van der Waals surface area contributed by atoms with Crippen LogP contribution in [-0.4, -0.2) is 53.0 Å². The van der Waals surface area contributed by atoms with Crippen LogP contribution in [0, 0.1) is 29.3 Å². The number of ether oxygens (including phenoxy) is 2. The fourth-order valence-electron chi connectivity index (χ4n) is 5.01. The molecule has 3 atom stereocenters. The summed E-state index contributed by atoms with van der Waals surface area (Å²) in [6, 6.07) is 3.65. The Morgan fingerprint density at radius 2 is 1.79 bits per heavy atom. The van der Waals surface area contributed by atoms with Crippen LogP contribution in [-0.2, 0) is 9.47 Å². The van der Waals surface area contributed by atoms with E-state index in [2.05, 4.69) is 10.3 Å². The molecule has 1 aliphatic heterocycles. The van der Waals surface area contributed by atoms with Gasteiger partial charge in [0, 0.05) is 43.2 Å². The van der Waals surface area contributed by atoms with Crippen LogP contribution in [0.4, 0.5) is 23.8 Å². The van der Waals surface area contributed by atoms with Gasteiger partial charge in [0.25, 0.3) is 0 Å². The van der Waals surface area contributed by atoms with Gasteiger partial charge in [-0.15, -0.1) is 0 Å². The van der Waals surface area contributed by atoms with Gasteiger partial charge in [-0.2, -0.15) is 0 Å². The number of carbonyl (C=O) groups excluding carboxylic acids is 2. The summed E-state index contributed by atoms with van der Waals surface area (Å²) in [5.74, 6) is -3.52. The van der Waals surface area contributed by atoms with Crippen molar-refractivity contribution >= 4 is 28.9 Å². The molecular formula is C27H27F3N4O5. The first kappa shape index (κ1) is 26.5. The van der Waals surface area contributed by atoms with Crippen molar-refractivity contribution < 1.29 is 32.2 Å². The first-order valence-electron chi connectivity index (χ1n) is 12.5. The van der Waals surface area contributed by atoms with Gasteiger partial charge in [0.05, 0.1) is 17.7 Å². The van der Waals surface area contributed by atoms with E-state index in [-0.39, 0.29) is 47.0 Å². The molecule has 0 bridgehead atoms. The van der Waals surface area contributed by atoms with E-state index in [1.54, 1.807) is 32.6 Å². The molecule has 2 aliphatic rings. The minimum absolute atomic E-state index is 0.0200. The van der Waals surface area contributed by atoms with Gasteiger partial charge in [-0.3, -0.25) is 9.36 Å². The lowest BCUT2D eigenvalue weighted by molar-refractivity contribution is 0.0510. The van der Waals surface area contributed by atoms with E-state index in [1.807, 2.05) is 0 Å². The number of fused-ring (bicyclic) bond motifs is 2. The third-order valence-electron chi connectivity index (χ3n) is 6.75. The number of halogens is 3. The third-order valence-corrected chi connectivity index (χ3v) is 6.75. The van der Waals surface area contributed by atoms with E-state index in [0.717, 1.165) is 29.0 Å². The molecule has 1 saturated heterocycles. The van der Waals surface area contributed by atoms with Gasteiger partial charge in [-0.1, -0.05) is 0 Å². The Balaban J connectivity index is 1.51. The molecule has 3 heterocycles. The van der Waals surface area contributed by atoms with Crippen LogP contribution in [0.15, 0.2) is 35.3 Å². The Kier molecular flexibility index (Phi) is 6.51. The average Bonchev–Trinajstić information content (AvgIpc) is 3.26. The lowest BCUT2D eigenvalue weighted by atomic mass is 10.1. The fraction of sp³-hybridized carbons (Fsp3) is 0.407. The normalized spacial score (nSPS) is 20.1. The van der Waals surface area contributed by atoms with Crippen molar-refractivity contribution in [3.05, 3.63) is 63.7 Å². The minimum atomic E-state index is -0.971. The summed E-state index contributed by atoms with van der Waals surface area (Å²) in [7, 11) is 0. The Hall–Kier alpha value is -4.09. The first-order chi connectivity index (χ1) is 18.4. The molecule has 206 valence electrons. The van der Waals surface area contributed by atoms with Crippen LogP contribution in [0.3, 0.4) is 0 Å². The molecule has 5 rings (SSSR count). The predicted molar refractivity (Wildman–Crippen MR) is 136 cm³/mol. The molecule has 1 unspecified atom stereocenters. The molecule has 1 saturated carbocycles. The van der Waals surface area contributed by atoms with E-state index >= 15 is 4.39 Å². The molecule has 3 aromatic rings. The molecule has 1 aliphatic carbocycles. The summed E-state index contributed by atoms with van der Waals surface area (Å²) < 4.78 is 55.2. The number of alkyl carbamates (subject to hydrolysis) is 1. The highest BCUT2D eigenvalue weighted by molar-refractivity contribution is 5.94. The molecule has 1 N–H and O–H groups in total. The largest absolute Gasteiger partial charge is 0.462 e. The van der Waals surface area contributed by atoms with Crippen LogP contribution in [0.25, 0.3) is 16.7 Å². The summed E-state index contributed by atoms with van der Waals surface area (Å²) in [5.41, 5.74) is -2.21. The number of aromatic nitrogens is 2. The van der Waals surface area contributed by atoms with Crippen molar-refractivity contribution in [1.29, 1.82) is 0 Å². The maximum atomic E-state index is 15.4. The Labute approximate surface area is 221 Å². The quantitative estimate of drug-likeness (QED) is 0.486. The minimum Gasteiger partial charge on any atom is -0.462 e. The second-order valence-corrected chi connectivity index (χ2v) is 10.6. The SMILES string of the molecule is CCOC(=O)c1cn(-c2ccc(F)cc2F)c2nc(N3C[C@@H]4C(NC(=O)OC(C)(C)C)[C@@H]4C3)c(F)cc2c1=O. The van der Waals surface area contributed by atoms with Crippen LogP contribution in [0.5, 0.6) is 0 Å². The standard InChI is InChI=1S/C27H27F3N4O5/c1-5-38-25(36)17-12-34(20-7-6-13(28)8-18(20)29)23-14(22(17)35)9-19(30)24(32-23)33-10-15-16(11-33)21(15)31-26(37)39-27(2,3)4/h6-9,12,15-16,21H,5,10-11H2,1-4H3,(H,31,37)/t15-,16+,21?. The molecule has 12 heteroatoms. The summed E-state index contributed by atoms with van der Waals surface area (Å²) in [6.45, 7) is 7.61. The second-order valence-electron chi connectivity index (χ2n) is 10.6. The van der Waals surface area contributed by atoms with Crippen molar-refractivity contribution in [2.24, 2.45) is 11.8 Å². The highest BCUT2D eigenvalue weighted by atomic mass is 19.1. The number of rotatable bonds is 5. The van der Waals surface area contributed by atoms with Crippen LogP contribution in [0.2, 0.25) is 0 Å². The van der Waals surface area contributed by atoms with Gasteiger partial charge in [0.2, 0.25) is 5.43 Å². The molecule has 39 heavy (non-hydrogen) atoms. The Bertz CT molecular complexity index is 1540. The summed E-state index contributed by atoms with van der Waals surface area (Å²) >= 11 is 0. The highest BCUT2D eigenvalue weighted by Crippen LogP contribution is 2.47. The maximum absolute atomic E-state index is 15.4. The summed E-state index contributed by atoms with van der Waals surface area (Å²) in [5, 5.41) is 2.58. The number of esters is 1. The number of hydrogen-bond acceptors (Lipinski definition) is 7. The third kappa shape index (κ3) is 5.02. The number of pyridine rings is 2. The van der Waals surface area contributed by atoms with E-state index in [0.29, 0.717) is 19.2 Å². The number of carbonyl (C=O) groups is 2. The monoisotopic (exact) mass is 544 g/mol. The van der Waals surface area contributed by atoms with Crippen molar-refractivity contribution in [2.75, 3.05) is 24.6 Å². The average molecular weight is 545 g/mol. The molecule has 2 aromatic heterocycles. The predicted octanol–water partition coefficient (Wildman–Crippen LogP) is 3.94. The topological polar surface area (TPSA) is 103 Å². The zero-order valence-corrected chi connectivity index (χ0v) is 21.8. The smallest absolute Gasteiger partial charge is 0.407 e. The van der Waals surface area contributed by atoms with Gasteiger partial charge >= 0.3 is 12.1 Å². The number of hydrogen-bond donors (Lipinski definition) is 1. The maximum Gasteiger partial charge on any atom is 0.407 e. The molecule has 2 fully saturated rings. The zero-order valence-electron chi connectivity index (χ0n) is 21.8. The van der Waals surface area contributed by atoms with E-state index in [4.69, 9.17) is 9.47 Å². The van der Waals surface area contributed by atoms with E-state index in [1.165, 1.54) is 0 Å². The van der Waals surface area contributed by atoms with Crippen LogP contribution in [0.1, 0.15) is 38.1 Å². The molecule has 1 amide bonds. The summed E-state index contributed by atoms with van der Waals surface area (Å²) in [4.78, 5) is 43.8. The number of benzene rings is 1. The number of nitrogens with one attached hydrogen (secondary N) is 1. The van der Waals surface area contributed by atoms with Crippen LogP contribution >= 0.6 is 0 Å². The van der Waals surface area contributed by atoms with Gasteiger partial charge in [0.1, 0.15) is 22.8 Å². The van der Waals surface area contributed by atoms with Crippen molar-refractivity contribution in [1.82, 2.24) is 14.9 Å². The van der Waals surface area contributed by atoms with Gasteiger partial charge in [0.15, 0.2) is 17.3 Å². The van der Waals surface area contributed by atoms with Crippen LogP contribution < -0.4 is 15.6 Å².